The van der Waals surface area contributed by atoms with E-state index in [0.29, 0.717) is 5.75 Å². The standard InChI is InChI=1S/C20H25N3O3/c1-24-18-7-5-4-6-17(18)22-10-12-23(13-11-22)21-15-16-8-9-19(25-2)20(14-16)26-3/h4-9,14-15H,10-13H2,1-3H3/b21-15-. The average Bonchev–Trinajstić information content (AvgIpc) is 2.72. The number of methoxy groups -OCH3 is 3. The van der Waals surface area contributed by atoms with Gasteiger partial charge < -0.3 is 19.1 Å². The van der Waals surface area contributed by atoms with Crippen LogP contribution >= 0.6 is 0 Å². The Morgan fingerprint density at radius 3 is 2.19 bits per heavy atom. The normalized spacial score (nSPS) is 14.6. The quantitative estimate of drug-likeness (QED) is 0.746. The molecule has 1 fully saturated rings. The van der Waals surface area contributed by atoms with Gasteiger partial charge in [0.05, 0.1) is 46.3 Å². The highest BCUT2D eigenvalue weighted by atomic mass is 16.5. The first kappa shape index (κ1) is 17.9. The molecule has 0 amide bonds. The van der Waals surface area contributed by atoms with Gasteiger partial charge in [-0.2, -0.15) is 5.10 Å². The monoisotopic (exact) mass is 355 g/mol. The van der Waals surface area contributed by atoms with Crippen LogP contribution in [0.15, 0.2) is 47.6 Å². The lowest BCUT2D eigenvalue weighted by Gasteiger charge is -2.35. The second-order valence-electron chi connectivity index (χ2n) is 5.97. The number of hydrogen-bond acceptors (Lipinski definition) is 6. The molecule has 2 aromatic rings. The van der Waals surface area contributed by atoms with Gasteiger partial charge in [-0.3, -0.25) is 5.01 Å². The van der Waals surface area contributed by atoms with E-state index in [2.05, 4.69) is 21.1 Å². The fraction of sp³-hybridized carbons (Fsp3) is 0.350. The molecule has 3 rings (SSSR count). The Hall–Kier alpha value is -2.89. The van der Waals surface area contributed by atoms with Crippen LogP contribution in [0, 0.1) is 0 Å². The zero-order valence-electron chi connectivity index (χ0n) is 15.5. The maximum absolute atomic E-state index is 5.46. The Labute approximate surface area is 154 Å². The van der Waals surface area contributed by atoms with Crippen molar-refractivity contribution < 1.29 is 14.2 Å². The van der Waals surface area contributed by atoms with Gasteiger partial charge in [0.2, 0.25) is 0 Å². The zero-order valence-corrected chi connectivity index (χ0v) is 15.5. The maximum atomic E-state index is 5.46. The van der Waals surface area contributed by atoms with Crippen molar-refractivity contribution in [1.82, 2.24) is 5.01 Å². The van der Waals surface area contributed by atoms with E-state index in [1.54, 1.807) is 21.3 Å². The number of rotatable bonds is 6. The number of para-hydroxylation sites is 2. The van der Waals surface area contributed by atoms with Crippen LogP contribution < -0.4 is 19.1 Å². The molecule has 0 aliphatic carbocycles. The van der Waals surface area contributed by atoms with E-state index in [9.17, 15) is 0 Å². The molecule has 0 radical (unpaired) electrons. The van der Waals surface area contributed by atoms with Crippen molar-refractivity contribution in [2.45, 2.75) is 0 Å². The van der Waals surface area contributed by atoms with Gasteiger partial charge in [-0.15, -0.1) is 0 Å². The van der Waals surface area contributed by atoms with Crippen molar-refractivity contribution in [1.29, 1.82) is 0 Å². The summed E-state index contributed by atoms with van der Waals surface area (Å²) >= 11 is 0. The molecule has 0 aromatic heterocycles. The molecule has 1 heterocycles. The van der Waals surface area contributed by atoms with Crippen LogP contribution in [-0.2, 0) is 0 Å². The summed E-state index contributed by atoms with van der Waals surface area (Å²) in [4.78, 5) is 2.33. The second-order valence-corrected chi connectivity index (χ2v) is 5.97. The van der Waals surface area contributed by atoms with Gasteiger partial charge in [-0.1, -0.05) is 12.1 Å². The van der Waals surface area contributed by atoms with Crippen LogP contribution in [-0.4, -0.2) is 58.7 Å². The lowest BCUT2D eigenvalue weighted by molar-refractivity contribution is 0.271. The number of nitrogens with zero attached hydrogens (tertiary/aromatic N) is 3. The van der Waals surface area contributed by atoms with Crippen LogP contribution in [0.5, 0.6) is 17.2 Å². The molecule has 0 bridgehead atoms. The Morgan fingerprint density at radius 1 is 0.808 bits per heavy atom. The number of anilines is 1. The average molecular weight is 355 g/mol. The maximum Gasteiger partial charge on any atom is 0.161 e. The van der Waals surface area contributed by atoms with E-state index in [1.165, 1.54) is 0 Å². The molecule has 2 aromatic carbocycles. The summed E-state index contributed by atoms with van der Waals surface area (Å²) in [6.07, 6.45) is 1.86. The van der Waals surface area contributed by atoms with Crippen molar-refractivity contribution in [3.63, 3.8) is 0 Å². The third-order valence-corrected chi connectivity index (χ3v) is 4.46. The molecule has 26 heavy (non-hydrogen) atoms. The second kappa shape index (κ2) is 8.47. The Morgan fingerprint density at radius 2 is 1.50 bits per heavy atom. The molecular weight excluding hydrogens is 330 g/mol. The van der Waals surface area contributed by atoms with E-state index < -0.39 is 0 Å². The van der Waals surface area contributed by atoms with Gasteiger partial charge in [0, 0.05) is 13.1 Å². The van der Waals surface area contributed by atoms with Gasteiger partial charge in [0.1, 0.15) is 5.75 Å². The van der Waals surface area contributed by atoms with Gasteiger partial charge in [-0.25, -0.2) is 0 Å². The van der Waals surface area contributed by atoms with Crippen LogP contribution in [0.2, 0.25) is 0 Å². The Bertz CT molecular complexity index is 756. The van der Waals surface area contributed by atoms with Crippen LogP contribution in [0.3, 0.4) is 0 Å². The van der Waals surface area contributed by atoms with Gasteiger partial charge in [0.15, 0.2) is 11.5 Å². The van der Waals surface area contributed by atoms with E-state index >= 15 is 0 Å². The smallest absolute Gasteiger partial charge is 0.161 e. The predicted octanol–water partition coefficient (Wildman–Crippen LogP) is 2.87. The SMILES string of the molecule is COc1ccc(/C=N\N2CCN(c3ccccc3OC)CC2)cc1OC. The van der Waals surface area contributed by atoms with Gasteiger partial charge in [-0.05, 0) is 35.9 Å². The van der Waals surface area contributed by atoms with Crippen LogP contribution in [0.4, 0.5) is 5.69 Å². The topological polar surface area (TPSA) is 46.5 Å². The molecule has 1 saturated heterocycles. The Kier molecular flexibility index (Phi) is 5.84. The number of piperazine rings is 1. The highest BCUT2D eigenvalue weighted by Crippen LogP contribution is 2.29. The molecule has 6 nitrogen and oxygen atoms in total. The summed E-state index contributed by atoms with van der Waals surface area (Å²) in [6, 6.07) is 13.9. The van der Waals surface area contributed by atoms with Crippen molar-refractivity contribution in [2.75, 3.05) is 52.4 Å². The molecule has 1 aliphatic rings. The molecule has 138 valence electrons. The lowest BCUT2D eigenvalue weighted by Crippen LogP contribution is -2.44. The van der Waals surface area contributed by atoms with E-state index in [4.69, 9.17) is 14.2 Å². The van der Waals surface area contributed by atoms with E-state index in [0.717, 1.165) is 48.9 Å². The molecule has 0 N–H and O–H groups in total. The highest BCUT2D eigenvalue weighted by molar-refractivity contribution is 5.80. The molecule has 0 atom stereocenters. The van der Waals surface area contributed by atoms with Gasteiger partial charge >= 0.3 is 0 Å². The fourth-order valence-corrected chi connectivity index (χ4v) is 3.02. The number of benzene rings is 2. The minimum atomic E-state index is 0.706. The van der Waals surface area contributed by atoms with Crippen molar-refractivity contribution >= 4 is 11.9 Å². The third kappa shape index (κ3) is 4.02. The lowest BCUT2D eigenvalue weighted by atomic mass is 10.2. The first-order valence-electron chi connectivity index (χ1n) is 8.64. The summed E-state index contributed by atoms with van der Waals surface area (Å²) in [5.74, 6) is 2.34. The highest BCUT2D eigenvalue weighted by Gasteiger charge is 2.18. The van der Waals surface area contributed by atoms with Crippen molar-refractivity contribution in [2.24, 2.45) is 5.10 Å². The summed E-state index contributed by atoms with van der Waals surface area (Å²) < 4.78 is 16.1. The minimum Gasteiger partial charge on any atom is -0.495 e. The summed E-state index contributed by atoms with van der Waals surface area (Å²) in [5, 5.41) is 6.70. The zero-order chi connectivity index (χ0) is 18.4. The molecule has 0 spiro atoms. The summed E-state index contributed by atoms with van der Waals surface area (Å²) in [5.41, 5.74) is 2.12. The minimum absolute atomic E-state index is 0.706. The predicted molar refractivity (Wildman–Crippen MR) is 104 cm³/mol. The fourth-order valence-electron chi connectivity index (χ4n) is 3.02. The van der Waals surface area contributed by atoms with Gasteiger partial charge in [0.25, 0.3) is 0 Å². The summed E-state index contributed by atoms with van der Waals surface area (Å²) in [6.45, 7) is 3.54. The molecular formula is C20H25N3O3. The third-order valence-electron chi connectivity index (χ3n) is 4.46. The number of ether oxygens (including phenoxy) is 3. The number of hydrogen-bond donors (Lipinski definition) is 0. The summed E-state index contributed by atoms with van der Waals surface area (Å²) in [7, 11) is 4.98. The molecule has 0 unspecified atom stereocenters. The van der Waals surface area contributed by atoms with Crippen molar-refractivity contribution in [3.8, 4) is 17.2 Å². The van der Waals surface area contributed by atoms with E-state index in [-0.39, 0.29) is 0 Å². The first-order valence-corrected chi connectivity index (χ1v) is 8.64. The van der Waals surface area contributed by atoms with Crippen LogP contribution in [0.1, 0.15) is 5.56 Å². The molecule has 0 saturated carbocycles. The van der Waals surface area contributed by atoms with Crippen LogP contribution in [0.25, 0.3) is 0 Å². The largest absolute Gasteiger partial charge is 0.495 e. The number of hydrazone groups is 1. The first-order chi connectivity index (χ1) is 12.7. The van der Waals surface area contributed by atoms with Crippen molar-refractivity contribution in [3.05, 3.63) is 48.0 Å². The molecule has 1 aliphatic heterocycles. The molecule has 6 heteroatoms. The Balaban J connectivity index is 1.61. The van der Waals surface area contributed by atoms with E-state index in [1.807, 2.05) is 42.6 Å².